The van der Waals surface area contributed by atoms with Crippen molar-refractivity contribution in [2.24, 2.45) is 47.3 Å². The van der Waals surface area contributed by atoms with Crippen molar-refractivity contribution in [3.8, 4) is 0 Å². The van der Waals surface area contributed by atoms with E-state index in [1.807, 2.05) is 114 Å². The Hall–Kier alpha value is -9.72. The van der Waals surface area contributed by atoms with E-state index in [-0.39, 0.29) is 144 Å². The average Bonchev–Trinajstić information content (AvgIpc) is 1.68. The number of ketones is 7. The molecule has 5 N–H and O–H groups in total. The highest BCUT2D eigenvalue weighted by molar-refractivity contribution is 7.19. The molecule has 0 spiro atoms. The van der Waals surface area contributed by atoms with E-state index in [2.05, 4.69) is 212 Å². The summed E-state index contributed by atoms with van der Waals surface area (Å²) in [5.74, 6) is 0.0477. The second kappa shape index (κ2) is 64.9. The molecule has 0 aliphatic heterocycles. The molecule has 4 aromatic carbocycles. The summed E-state index contributed by atoms with van der Waals surface area (Å²) in [7, 11) is 16.8. The minimum atomic E-state index is -0.545. The van der Waals surface area contributed by atoms with Gasteiger partial charge in [-0.25, -0.2) is 19.9 Å². The van der Waals surface area contributed by atoms with Crippen LogP contribution in [0, 0.1) is 47.3 Å². The van der Waals surface area contributed by atoms with Gasteiger partial charge in [0, 0.05) is 170 Å². The molecule has 0 aliphatic carbocycles. The number of hydrogen-bond acceptors (Lipinski definition) is 24. The molecule has 4 aromatic heterocycles. The highest BCUT2D eigenvalue weighted by atomic mass is 32.1. The smallest absolute Gasteiger partial charge is 0.224 e. The normalized spacial score (nSPS) is 14.1. The predicted octanol–water partition coefficient (Wildman–Crippen LogP) is 22.5. The van der Waals surface area contributed by atoms with E-state index in [1.54, 1.807) is 52.4 Å². The largest absolute Gasteiger partial charge is 0.359 e. The molecule has 0 radical (unpaired) electrons. The monoisotopic (exact) mass is 2110 g/mol. The molecule has 0 saturated carbocycles. The maximum Gasteiger partial charge on any atom is 0.224 e. The summed E-state index contributed by atoms with van der Waals surface area (Å²) in [5, 5.41) is 18.9. The number of benzene rings is 4. The fourth-order valence-corrected chi connectivity index (χ4v) is 21.8. The first-order valence-electron chi connectivity index (χ1n) is 53.7. The van der Waals surface area contributed by atoms with Gasteiger partial charge in [-0.3, -0.25) is 52.7 Å². The minimum Gasteiger partial charge on any atom is -0.359 e. The Morgan fingerprint density at radius 3 is 0.757 bits per heavy atom. The van der Waals surface area contributed by atoms with E-state index in [4.69, 9.17) is 19.9 Å². The Kier molecular flexibility index (Phi) is 56.4. The second-order valence-electron chi connectivity index (χ2n) is 43.1. The molecule has 8 rings (SSSR count). The molecule has 12 atom stereocenters. The number of carbonyl (C=O) groups is 12. The second-order valence-corrected chi connectivity index (χ2v) is 47.6. The molecule has 816 valence electrons. The molecule has 0 unspecified atom stereocenters. The molecule has 29 heteroatoms. The quantitative estimate of drug-likeness (QED) is 0.0221. The molecule has 0 bridgehead atoms. The number of aromatic nitrogens is 4. The molecule has 0 aliphatic rings. The molecular weight excluding hydrogens is 1930 g/mol. The molecule has 5 amide bonds. The summed E-state index contributed by atoms with van der Waals surface area (Å²) in [6, 6.07) is 24.6. The van der Waals surface area contributed by atoms with Crippen LogP contribution < -0.4 is 26.6 Å². The van der Waals surface area contributed by atoms with Crippen LogP contribution in [0.1, 0.15) is 320 Å². The van der Waals surface area contributed by atoms with Gasteiger partial charge in [-0.1, -0.05) is 201 Å². The van der Waals surface area contributed by atoms with Crippen molar-refractivity contribution in [2.75, 3.05) is 89.6 Å². The van der Waals surface area contributed by atoms with Crippen LogP contribution in [0.15, 0.2) is 121 Å². The predicted molar refractivity (Wildman–Crippen MR) is 615 cm³/mol. The van der Waals surface area contributed by atoms with Crippen LogP contribution in [0.25, 0.3) is 40.9 Å². The first-order chi connectivity index (χ1) is 69.7. The third-order valence-corrected chi connectivity index (χ3v) is 31.9. The zero-order valence-corrected chi connectivity index (χ0v) is 98.0. The fraction of sp³-hybridized carbons (Fsp3) is 0.597. The SMILES string of the molecule is C=C(CN(C)C)C(=O)CC[C@@H](NC(=O)[C@@H](CC(=O)CC)Cc1nc2ccc(C(C)C)cc2s1)[C@@H](C)CC.C=C(CN(C)C)C(=O)CC[C@@H](NC(=O)[C@@H](CC(=O)CCC)Cc1nc2ccc(C(C)C)cc2s1)[C@@H](C)CC.C=C(CN(C)C)C(=O)CC[C@@H](NC(=O)[C@@H](CC(=O)NC)Cc1nc2ccc(C(C)C)cc2s1)[C@@H](C)CC.C=C(CN(C)C)C(=O)CC[C@@H](NC(=O)[C@@H](CC(C)=O)Cc1nc2ccc(C(C)C)cc2s1)[C@@H](C)CC. The zero-order chi connectivity index (χ0) is 111. The standard InChI is InChI=1S/C31H47N3O3S.C30H45N3O3S.C29H44N4O3S.C29H43N3O3S/c1-9-11-25(35)16-24(18-30-32-27-13-12-23(20(3)4)17-29(27)38-30)31(37)33-26(21(5)10-2)14-15-28(36)22(6)19-34(7)8;1-9-20(5)25(13-14-27(35)21(6)18-33(7)8)32-30(36)23(15-24(34)10-2)17-29-31-26-12-11-22(19(3)4)16-28(26)37-29;1-9-19(4)23(12-13-25(34)20(5)17-33(7)8)32-29(36)22(15-27(35)30-6)16-28-31-24-11-10-21(18(2)3)14-26(24)37-28;1-9-19(4)24(12-13-26(34)20(5)17-32(7)8)31-29(35)23(14-21(6)33)16-28-30-25-11-10-22(18(2)3)15-27(25)36-28/h12-13,17,20-21,24,26H,6,9-11,14-16,18-19H2,1-5,7-8H3,(H,33,37);11-12,16,19-20,23,25H,6,9-10,13-15,17-18H2,1-5,7-8H3,(H,32,36);10-11,14,18-19,22-23H,5,9,12-13,15-17H2,1-4,6-8H3,(H,30,35)(H,32,36);10-11,15,18-19,23-24H,5,9,12-14,16-17H2,1-4,6-8H3,(H,31,35)/t21-,24-,26+;20-,23-,25+;19-,22-,23+;19-,23-,24+/m0000/s1. The first kappa shape index (κ1) is 129. The van der Waals surface area contributed by atoms with Crippen molar-refractivity contribution in [3.05, 3.63) is 164 Å². The Balaban J connectivity index is 0.000000347. The molecule has 0 fully saturated rings. The highest BCUT2D eigenvalue weighted by Crippen LogP contribution is 2.36. The summed E-state index contributed by atoms with van der Waals surface area (Å²) < 4.78 is 4.41. The number of hydrogen-bond donors (Lipinski definition) is 5. The van der Waals surface area contributed by atoms with Crippen molar-refractivity contribution in [2.45, 2.75) is 327 Å². The number of carbonyl (C=O) groups excluding carboxylic acids is 12. The van der Waals surface area contributed by atoms with Gasteiger partial charge >= 0.3 is 0 Å². The fourth-order valence-electron chi connectivity index (χ4n) is 17.4. The van der Waals surface area contributed by atoms with Gasteiger partial charge < -0.3 is 51.0 Å². The van der Waals surface area contributed by atoms with Gasteiger partial charge in [-0.05, 0) is 214 Å². The van der Waals surface area contributed by atoms with E-state index >= 15 is 0 Å². The summed E-state index contributed by atoms with van der Waals surface area (Å²) >= 11 is 6.38. The Labute approximate surface area is 901 Å². The van der Waals surface area contributed by atoms with Crippen LogP contribution in [0.4, 0.5) is 0 Å². The zero-order valence-electron chi connectivity index (χ0n) is 94.7. The number of thiazole rings is 4. The topological polar surface area (TPSA) is 330 Å². The van der Waals surface area contributed by atoms with Gasteiger partial charge in [-0.2, -0.15) is 0 Å². The van der Waals surface area contributed by atoms with E-state index in [0.717, 1.165) is 93.0 Å². The lowest BCUT2D eigenvalue weighted by atomic mass is 9.91. The molecule has 8 aromatic rings. The number of fused-ring (bicyclic) bond motifs is 4. The number of nitrogens with one attached hydrogen (secondary N) is 5. The Morgan fingerprint density at radius 1 is 0.324 bits per heavy atom. The summed E-state index contributed by atoms with van der Waals surface area (Å²) in [6.07, 6.45) is 11.1. The Morgan fingerprint density at radius 2 is 0.554 bits per heavy atom. The van der Waals surface area contributed by atoms with Crippen LogP contribution in [0.2, 0.25) is 0 Å². The molecule has 4 heterocycles. The molecule has 25 nitrogen and oxygen atoms in total. The van der Waals surface area contributed by atoms with Crippen molar-refractivity contribution < 1.29 is 57.5 Å². The third kappa shape index (κ3) is 44.3. The Bertz CT molecular complexity index is 5560. The van der Waals surface area contributed by atoms with Gasteiger partial charge in [-0.15, -0.1) is 45.3 Å². The lowest BCUT2D eigenvalue weighted by molar-refractivity contribution is -0.131. The van der Waals surface area contributed by atoms with Crippen LogP contribution >= 0.6 is 45.3 Å². The summed E-state index contributed by atoms with van der Waals surface area (Å²) in [4.78, 5) is 181. The maximum absolute atomic E-state index is 13.6. The van der Waals surface area contributed by atoms with Gasteiger partial charge in [0.2, 0.25) is 29.5 Å². The van der Waals surface area contributed by atoms with Crippen LogP contribution in [0.3, 0.4) is 0 Å². The molecule has 0 saturated heterocycles. The van der Waals surface area contributed by atoms with E-state index in [9.17, 15) is 57.5 Å². The van der Waals surface area contributed by atoms with E-state index in [1.165, 1.54) is 29.2 Å². The average molecular weight is 2110 g/mol. The summed E-state index contributed by atoms with van der Waals surface area (Å²) in [6.45, 7) is 57.1. The van der Waals surface area contributed by atoms with Crippen molar-refractivity contribution in [1.82, 2.24) is 66.1 Å². The minimum absolute atomic E-state index is 0.0198. The lowest BCUT2D eigenvalue weighted by Gasteiger charge is -2.27. The van der Waals surface area contributed by atoms with Gasteiger partial charge in [0.25, 0.3) is 0 Å². The summed E-state index contributed by atoms with van der Waals surface area (Å²) in [5.41, 5.74) is 11.1. The van der Waals surface area contributed by atoms with Crippen LogP contribution in [-0.4, -0.2) is 223 Å². The van der Waals surface area contributed by atoms with E-state index in [0.29, 0.717) is 162 Å². The first-order valence-corrected chi connectivity index (χ1v) is 57.0. The molecular formula is C119H179N13O12S4. The van der Waals surface area contributed by atoms with Gasteiger partial charge in [0.15, 0.2) is 23.1 Å². The number of rotatable bonds is 63. The third-order valence-electron chi connectivity index (χ3n) is 27.7. The van der Waals surface area contributed by atoms with Gasteiger partial charge in [0.1, 0.15) is 17.3 Å². The van der Waals surface area contributed by atoms with Crippen LogP contribution in [-0.2, 0) is 83.2 Å². The van der Waals surface area contributed by atoms with Crippen molar-refractivity contribution >= 4 is 156 Å². The van der Waals surface area contributed by atoms with E-state index < -0.39 is 23.7 Å². The molecule has 148 heavy (non-hydrogen) atoms. The number of amides is 5. The number of Topliss-reactive ketones (excluding diaryl/α,β-unsaturated/α-hetero) is 7. The number of likely N-dealkylation sites (N-methyl/N-ethyl adjacent to an activating group) is 4. The lowest BCUT2D eigenvalue weighted by Crippen LogP contribution is -2.44. The van der Waals surface area contributed by atoms with Gasteiger partial charge in [0.05, 0.1) is 84.6 Å². The van der Waals surface area contributed by atoms with Crippen LogP contribution in [0.5, 0.6) is 0 Å². The maximum atomic E-state index is 13.6. The van der Waals surface area contributed by atoms with Crippen molar-refractivity contribution in [3.63, 3.8) is 0 Å². The van der Waals surface area contributed by atoms with Crippen molar-refractivity contribution in [1.29, 1.82) is 0 Å². The number of nitrogens with zero attached hydrogens (tertiary/aromatic N) is 8. The highest BCUT2D eigenvalue weighted by Gasteiger charge is 2.35.